The van der Waals surface area contributed by atoms with Crippen molar-refractivity contribution in [2.24, 2.45) is 0 Å². The van der Waals surface area contributed by atoms with Crippen LogP contribution in [0.5, 0.6) is 0 Å². The summed E-state index contributed by atoms with van der Waals surface area (Å²) < 4.78 is 0. The highest BCUT2D eigenvalue weighted by atomic mass is 35.5. The van der Waals surface area contributed by atoms with Gasteiger partial charge in [-0.25, -0.2) is 10.2 Å². The van der Waals surface area contributed by atoms with Gasteiger partial charge in [0.15, 0.2) is 0 Å². The van der Waals surface area contributed by atoms with E-state index < -0.39 is 11.9 Å². The van der Waals surface area contributed by atoms with Crippen LogP contribution in [-0.2, 0) is 0 Å². The van der Waals surface area contributed by atoms with E-state index in [-0.39, 0.29) is 10.6 Å². The normalized spacial score (nSPS) is 14.7. The van der Waals surface area contributed by atoms with Crippen LogP contribution >= 0.6 is 34.5 Å². The Hall–Kier alpha value is -1.90. The lowest BCUT2D eigenvalue weighted by Crippen LogP contribution is -2.44. The van der Waals surface area contributed by atoms with E-state index in [1.54, 1.807) is 6.07 Å². The van der Waals surface area contributed by atoms with Gasteiger partial charge in [0.05, 0.1) is 10.6 Å². The molecule has 0 spiro atoms. The van der Waals surface area contributed by atoms with Gasteiger partial charge in [-0.1, -0.05) is 53.8 Å². The van der Waals surface area contributed by atoms with Crippen molar-refractivity contribution in [1.29, 1.82) is 0 Å². The van der Waals surface area contributed by atoms with E-state index in [1.807, 2.05) is 0 Å². The molecule has 1 saturated carbocycles. The Labute approximate surface area is 164 Å². The summed E-state index contributed by atoms with van der Waals surface area (Å²) in [6.45, 7) is 0. The lowest BCUT2D eigenvalue weighted by Gasteiger charge is -2.18. The van der Waals surface area contributed by atoms with Crippen LogP contribution in [0.1, 0.15) is 53.4 Å². The zero-order valence-corrected chi connectivity index (χ0v) is 16.0. The van der Waals surface area contributed by atoms with Crippen molar-refractivity contribution in [3.63, 3.8) is 0 Å². The van der Waals surface area contributed by atoms with Crippen LogP contribution in [0.2, 0.25) is 10.0 Å². The first-order chi connectivity index (χ1) is 12.5. The fourth-order valence-electron chi connectivity index (χ4n) is 2.78. The van der Waals surface area contributed by atoms with E-state index in [9.17, 15) is 9.59 Å². The molecular weight excluding hydrogens is 397 g/mol. The number of hydrazine groups is 1. The molecule has 1 aromatic carbocycles. The second-order valence-electron chi connectivity index (χ2n) is 5.94. The Morgan fingerprint density at radius 3 is 2.62 bits per heavy atom. The Bertz CT molecular complexity index is 808. The number of aromatic nitrogens is 2. The molecule has 0 saturated heterocycles. The Morgan fingerprint density at radius 1 is 1.08 bits per heavy atom. The molecule has 3 amide bonds. The predicted molar refractivity (Wildman–Crippen MR) is 102 cm³/mol. The molecule has 0 atom stereocenters. The van der Waals surface area contributed by atoms with Crippen molar-refractivity contribution in [1.82, 2.24) is 21.0 Å². The molecule has 0 bridgehead atoms. The number of benzene rings is 1. The number of amides is 3. The number of urea groups is 1. The molecule has 138 valence electrons. The number of rotatable bonds is 3. The fraction of sp³-hybridized carbons (Fsp3) is 0.375. The van der Waals surface area contributed by atoms with Gasteiger partial charge in [-0.3, -0.25) is 15.5 Å². The van der Waals surface area contributed by atoms with Gasteiger partial charge >= 0.3 is 6.03 Å². The predicted octanol–water partition coefficient (Wildman–Crippen LogP) is 4.36. The number of halogens is 2. The maximum atomic E-state index is 12.1. The van der Waals surface area contributed by atoms with Crippen LogP contribution in [0.4, 0.5) is 9.93 Å². The van der Waals surface area contributed by atoms with Crippen molar-refractivity contribution in [3.8, 4) is 0 Å². The van der Waals surface area contributed by atoms with Crippen LogP contribution < -0.4 is 16.2 Å². The first-order valence-electron chi connectivity index (χ1n) is 8.18. The van der Waals surface area contributed by atoms with Crippen molar-refractivity contribution < 1.29 is 9.59 Å². The van der Waals surface area contributed by atoms with E-state index in [2.05, 4.69) is 26.4 Å². The summed E-state index contributed by atoms with van der Waals surface area (Å²) in [6, 6.07) is 3.87. The van der Waals surface area contributed by atoms with Crippen molar-refractivity contribution in [2.75, 3.05) is 5.32 Å². The van der Waals surface area contributed by atoms with E-state index in [0.717, 1.165) is 17.8 Å². The number of hydrogen-bond acceptors (Lipinski definition) is 5. The van der Waals surface area contributed by atoms with Crippen molar-refractivity contribution >= 4 is 51.6 Å². The SMILES string of the molecule is O=C(NNC(=O)c1cc(Cl)ccc1Cl)Nc1nnc(C2CCCCC2)s1. The van der Waals surface area contributed by atoms with Crippen LogP contribution in [0, 0.1) is 0 Å². The Kier molecular flexibility index (Phi) is 6.29. The largest absolute Gasteiger partial charge is 0.339 e. The minimum atomic E-state index is -0.622. The number of nitrogens with zero attached hydrogens (tertiary/aromatic N) is 2. The smallest absolute Gasteiger partial charge is 0.281 e. The monoisotopic (exact) mass is 413 g/mol. The van der Waals surface area contributed by atoms with Gasteiger partial charge < -0.3 is 0 Å². The zero-order valence-electron chi connectivity index (χ0n) is 13.7. The topological polar surface area (TPSA) is 96.0 Å². The summed E-state index contributed by atoms with van der Waals surface area (Å²) in [5, 5.41) is 12.6. The van der Waals surface area contributed by atoms with Gasteiger partial charge in [0, 0.05) is 10.9 Å². The van der Waals surface area contributed by atoms with Gasteiger partial charge in [-0.2, -0.15) is 0 Å². The average molecular weight is 414 g/mol. The molecule has 1 aromatic heterocycles. The summed E-state index contributed by atoms with van der Waals surface area (Å²) >= 11 is 13.2. The summed E-state index contributed by atoms with van der Waals surface area (Å²) in [5.74, 6) is -0.155. The van der Waals surface area contributed by atoms with E-state index in [1.165, 1.54) is 42.7 Å². The maximum Gasteiger partial charge on any atom is 0.339 e. The van der Waals surface area contributed by atoms with Gasteiger partial charge in [0.1, 0.15) is 5.01 Å². The first kappa shape index (κ1) is 18.9. The summed E-state index contributed by atoms with van der Waals surface area (Å²) in [4.78, 5) is 24.0. The van der Waals surface area contributed by atoms with Crippen LogP contribution in [0.3, 0.4) is 0 Å². The van der Waals surface area contributed by atoms with Crippen LogP contribution in [-0.4, -0.2) is 22.1 Å². The number of anilines is 1. The third-order valence-electron chi connectivity index (χ3n) is 4.08. The maximum absolute atomic E-state index is 12.1. The molecule has 3 rings (SSSR count). The highest BCUT2D eigenvalue weighted by Crippen LogP contribution is 2.35. The Morgan fingerprint density at radius 2 is 1.85 bits per heavy atom. The van der Waals surface area contributed by atoms with Crippen molar-refractivity contribution in [3.05, 3.63) is 38.8 Å². The lowest BCUT2D eigenvalue weighted by atomic mass is 9.90. The summed E-state index contributed by atoms with van der Waals surface area (Å²) in [5.41, 5.74) is 4.68. The third-order valence-corrected chi connectivity index (χ3v) is 5.64. The molecular formula is C16H17Cl2N5O2S. The number of nitrogens with one attached hydrogen (secondary N) is 3. The number of carbonyl (C=O) groups excluding carboxylic acids is 2. The van der Waals surface area contributed by atoms with Crippen LogP contribution in [0.25, 0.3) is 0 Å². The van der Waals surface area contributed by atoms with Gasteiger partial charge in [0.25, 0.3) is 5.91 Å². The quantitative estimate of drug-likeness (QED) is 0.651. The molecule has 26 heavy (non-hydrogen) atoms. The third kappa shape index (κ3) is 4.84. The molecule has 0 unspecified atom stereocenters. The number of hydrogen-bond donors (Lipinski definition) is 3. The lowest BCUT2D eigenvalue weighted by molar-refractivity contribution is 0.0938. The molecule has 1 fully saturated rings. The second kappa shape index (κ2) is 8.66. The van der Waals surface area contributed by atoms with E-state index in [4.69, 9.17) is 23.2 Å². The first-order valence-corrected chi connectivity index (χ1v) is 9.76. The van der Waals surface area contributed by atoms with Crippen molar-refractivity contribution in [2.45, 2.75) is 38.0 Å². The molecule has 7 nitrogen and oxygen atoms in total. The molecule has 2 aromatic rings. The highest BCUT2D eigenvalue weighted by molar-refractivity contribution is 7.15. The van der Waals surface area contributed by atoms with Gasteiger partial charge in [-0.15, -0.1) is 10.2 Å². The minimum Gasteiger partial charge on any atom is -0.281 e. The molecule has 1 heterocycles. The van der Waals surface area contributed by atoms with Gasteiger partial charge in [-0.05, 0) is 31.0 Å². The molecule has 3 N–H and O–H groups in total. The molecule has 0 aliphatic heterocycles. The van der Waals surface area contributed by atoms with Crippen LogP contribution in [0.15, 0.2) is 18.2 Å². The molecule has 0 radical (unpaired) electrons. The van der Waals surface area contributed by atoms with Gasteiger partial charge in [0.2, 0.25) is 5.13 Å². The molecule has 10 heteroatoms. The summed E-state index contributed by atoms with van der Waals surface area (Å²) in [6.07, 6.45) is 5.88. The summed E-state index contributed by atoms with van der Waals surface area (Å²) in [7, 11) is 0. The minimum absolute atomic E-state index is 0.162. The Balaban J connectivity index is 1.52. The number of carbonyl (C=O) groups is 2. The van der Waals surface area contributed by atoms with E-state index >= 15 is 0 Å². The standard InChI is InChI=1S/C16H17Cl2N5O2S/c17-10-6-7-12(18)11(8-10)13(24)20-22-15(25)19-16-23-21-14(26-16)9-4-2-1-3-5-9/h6-9H,1-5H2,(H,20,24)(H2,19,22,23,25). The average Bonchev–Trinajstić information content (AvgIpc) is 3.11. The molecule has 1 aliphatic rings. The fourth-order valence-corrected chi connectivity index (χ4v) is 4.06. The highest BCUT2D eigenvalue weighted by Gasteiger charge is 2.20. The second-order valence-corrected chi connectivity index (χ2v) is 7.79. The van der Waals surface area contributed by atoms with E-state index in [0.29, 0.717) is 16.1 Å². The zero-order chi connectivity index (χ0) is 18.5. The molecule has 1 aliphatic carbocycles.